The number of fused-ring (bicyclic) bond motifs is 1. The Labute approximate surface area is 122 Å². The lowest BCUT2D eigenvalue weighted by Gasteiger charge is -2.19. The zero-order chi connectivity index (χ0) is 13.9. The van der Waals surface area contributed by atoms with E-state index in [1.165, 1.54) is 32.7 Å². The lowest BCUT2D eigenvalue weighted by atomic mass is 9.97. The predicted molar refractivity (Wildman–Crippen MR) is 84.1 cm³/mol. The minimum Gasteiger partial charge on any atom is -0.306 e. The van der Waals surface area contributed by atoms with Gasteiger partial charge < -0.3 is 5.32 Å². The second-order valence-electron chi connectivity index (χ2n) is 4.78. The monoisotopic (exact) mass is 283 g/mol. The number of aromatic nitrogens is 2. The molecule has 3 aromatic rings. The quantitative estimate of drug-likeness (QED) is 0.793. The van der Waals surface area contributed by atoms with Crippen molar-refractivity contribution in [3.63, 3.8) is 0 Å². The highest BCUT2D eigenvalue weighted by atomic mass is 32.1. The van der Waals surface area contributed by atoms with Crippen molar-refractivity contribution in [1.29, 1.82) is 0 Å². The molecular weight excluding hydrogens is 266 g/mol. The molecule has 0 saturated heterocycles. The van der Waals surface area contributed by atoms with Crippen LogP contribution in [0.25, 0.3) is 10.8 Å². The maximum atomic E-state index is 4.15. The Hall–Kier alpha value is -1.78. The summed E-state index contributed by atoms with van der Waals surface area (Å²) in [6, 6.07) is 15.1. The van der Waals surface area contributed by atoms with Crippen LogP contribution in [0.1, 0.15) is 29.1 Å². The number of hydrogen-bond donors (Lipinski definition) is 1. The van der Waals surface area contributed by atoms with E-state index in [0.29, 0.717) is 0 Å². The van der Waals surface area contributed by atoms with Crippen molar-refractivity contribution in [2.45, 2.75) is 19.9 Å². The molecule has 0 saturated carbocycles. The zero-order valence-corrected chi connectivity index (χ0v) is 12.4. The van der Waals surface area contributed by atoms with Crippen molar-refractivity contribution in [2.24, 2.45) is 0 Å². The highest BCUT2D eigenvalue weighted by Gasteiger charge is 2.20. The molecule has 0 bridgehead atoms. The Bertz CT molecular complexity index is 715. The Morgan fingerprint density at radius 2 is 1.95 bits per heavy atom. The molecule has 1 atom stereocenters. The van der Waals surface area contributed by atoms with Gasteiger partial charge in [0.2, 0.25) is 0 Å². The van der Waals surface area contributed by atoms with Crippen LogP contribution in [-0.4, -0.2) is 16.1 Å². The van der Waals surface area contributed by atoms with E-state index >= 15 is 0 Å². The smallest absolute Gasteiger partial charge is 0.0776 e. The van der Waals surface area contributed by atoms with Crippen LogP contribution in [0, 0.1) is 6.92 Å². The Morgan fingerprint density at radius 1 is 1.15 bits per heavy atom. The summed E-state index contributed by atoms with van der Waals surface area (Å²) in [5, 5.41) is 10.3. The molecule has 3 rings (SSSR count). The molecule has 1 unspecified atom stereocenters. The summed E-state index contributed by atoms with van der Waals surface area (Å²) in [5.74, 6) is 0. The van der Waals surface area contributed by atoms with Crippen molar-refractivity contribution < 1.29 is 0 Å². The lowest BCUT2D eigenvalue weighted by Crippen LogP contribution is -2.22. The van der Waals surface area contributed by atoms with E-state index < -0.39 is 0 Å². The van der Waals surface area contributed by atoms with Crippen molar-refractivity contribution >= 4 is 22.3 Å². The first-order chi connectivity index (χ1) is 9.81. The average Bonchev–Trinajstić information content (AvgIpc) is 2.90. The number of aryl methyl sites for hydroxylation is 1. The van der Waals surface area contributed by atoms with Crippen LogP contribution in [0.4, 0.5) is 0 Å². The van der Waals surface area contributed by atoms with Gasteiger partial charge in [-0.2, -0.15) is 0 Å². The van der Waals surface area contributed by atoms with E-state index in [4.69, 9.17) is 0 Å². The van der Waals surface area contributed by atoms with Gasteiger partial charge in [-0.3, -0.25) is 0 Å². The third kappa shape index (κ3) is 2.32. The molecule has 20 heavy (non-hydrogen) atoms. The van der Waals surface area contributed by atoms with Crippen molar-refractivity contribution in [2.75, 3.05) is 6.54 Å². The lowest BCUT2D eigenvalue weighted by molar-refractivity contribution is 0.639. The fraction of sp³-hybridized carbons (Fsp3) is 0.250. The second-order valence-corrected chi connectivity index (χ2v) is 5.57. The van der Waals surface area contributed by atoms with Gasteiger partial charge >= 0.3 is 0 Å². The Kier molecular flexibility index (Phi) is 3.76. The second kappa shape index (κ2) is 5.69. The predicted octanol–water partition coefficient (Wildman–Crippen LogP) is 3.70. The molecular formula is C16H17N3S. The molecule has 0 amide bonds. The molecule has 0 aliphatic heterocycles. The van der Waals surface area contributed by atoms with E-state index in [1.807, 2.05) is 6.92 Å². The van der Waals surface area contributed by atoms with Crippen LogP contribution in [0.15, 0.2) is 42.5 Å². The zero-order valence-electron chi connectivity index (χ0n) is 11.6. The highest BCUT2D eigenvalue weighted by Crippen LogP contribution is 2.31. The minimum absolute atomic E-state index is 0.158. The molecule has 4 heteroatoms. The average molecular weight is 283 g/mol. The molecule has 102 valence electrons. The third-order valence-corrected chi connectivity index (χ3v) is 4.38. The maximum absolute atomic E-state index is 4.15. The van der Waals surface area contributed by atoms with E-state index in [0.717, 1.165) is 12.2 Å². The Morgan fingerprint density at radius 3 is 2.70 bits per heavy atom. The summed E-state index contributed by atoms with van der Waals surface area (Å²) in [5.41, 5.74) is 2.30. The summed E-state index contributed by atoms with van der Waals surface area (Å²) < 4.78 is 4.08. The molecule has 0 aliphatic carbocycles. The van der Waals surface area contributed by atoms with Crippen LogP contribution in [0.3, 0.4) is 0 Å². The summed E-state index contributed by atoms with van der Waals surface area (Å²) in [4.78, 5) is 1.20. The van der Waals surface area contributed by atoms with Gasteiger partial charge in [-0.05, 0) is 41.3 Å². The number of nitrogens with zero attached hydrogens (tertiary/aromatic N) is 2. The first kappa shape index (κ1) is 13.2. The molecule has 0 aliphatic rings. The molecule has 0 spiro atoms. The van der Waals surface area contributed by atoms with Crippen molar-refractivity contribution in [3.05, 3.63) is 58.6 Å². The van der Waals surface area contributed by atoms with Gasteiger partial charge in [0.15, 0.2) is 0 Å². The van der Waals surface area contributed by atoms with Crippen molar-refractivity contribution in [1.82, 2.24) is 14.9 Å². The number of hydrogen-bond acceptors (Lipinski definition) is 4. The SMILES string of the molecule is CCNC(c1snnc1C)c1cccc2ccccc12. The standard InChI is InChI=1S/C16H17N3S/c1-3-17-15(16-11(2)18-19-20-16)14-10-6-8-12-7-4-5-9-13(12)14/h4-10,15,17H,3H2,1-2H3. The summed E-state index contributed by atoms with van der Waals surface area (Å²) in [7, 11) is 0. The molecule has 0 fully saturated rings. The van der Waals surface area contributed by atoms with Gasteiger partial charge in [-0.25, -0.2) is 0 Å². The van der Waals surface area contributed by atoms with Crippen LogP contribution in [0.2, 0.25) is 0 Å². The normalized spacial score (nSPS) is 12.7. The maximum Gasteiger partial charge on any atom is 0.0776 e. The summed E-state index contributed by atoms with van der Waals surface area (Å²) >= 11 is 1.48. The highest BCUT2D eigenvalue weighted by molar-refractivity contribution is 7.05. The summed E-state index contributed by atoms with van der Waals surface area (Å²) in [6.07, 6.45) is 0. The van der Waals surface area contributed by atoms with E-state index in [9.17, 15) is 0 Å². The molecule has 1 heterocycles. The van der Waals surface area contributed by atoms with Crippen LogP contribution in [-0.2, 0) is 0 Å². The van der Waals surface area contributed by atoms with Gasteiger partial charge in [0.05, 0.1) is 16.6 Å². The number of nitrogens with one attached hydrogen (secondary N) is 1. The van der Waals surface area contributed by atoms with E-state index in [1.54, 1.807) is 0 Å². The Balaban J connectivity index is 2.17. The minimum atomic E-state index is 0.158. The van der Waals surface area contributed by atoms with Gasteiger partial charge in [0.1, 0.15) is 0 Å². The fourth-order valence-electron chi connectivity index (χ4n) is 2.55. The van der Waals surface area contributed by atoms with E-state index in [-0.39, 0.29) is 6.04 Å². The van der Waals surface area contributed by atoms with Crippen molar-refractivity contribution in [3.8, 4) is 0 Å². The van der Waals surface area contributed by atoms with Crippen LogP contribution >= 0.6 is 11.5 Å². The van der Waals surface area contributed by atoms with Gasteiger partial charge in [-0.1, -0.05) is 53.9 Å². The first-order valence-electron chi connectivity index (χ1n) is 6.81. The molecule has 2 aromatic carbocycles. The third-order valence-electron chi connectivity index (χ3n) is 3.49. The molecule has 1 N–H and O–H groups in total. The molecule has 3 nitrogen and oxygen atoms in total. The van der Waals surface area contributed by atoms with Crippen LogP contribution < -0.4 is 5.32 Å². The fourth-order valence-corrected chi connectivity index (χ4v) is 3.29. The van der Waals surface area contributed by atoms with Crippen LogP contribution in [0.5, 0.6) is 0 Å². The molecule has 1 aromatic heterocycles. The largest absolute Gasteiger partial charge is 0.306 e. The molecule has 0 radical (unpaired) electrons. The van der Waals surface area contributed by atoms with Gasteiger partial charge in [0, 0.05) is 0 Å². The van der Waals surface area contributed by atoms with Gasteiger partial charge in [-0.15, -0.1) is 5.10 Å². The number of benzene rings is 2. The van der Waals surface area contributed by atoms with E-state index in [2.05, 4.69) is 64.3 Å². The summed E-state index contributed by atoms with van der Waals surface area (Å²) in [6.45, 7) is 5.06. The first-order valence-corrected chi connectivity index (χ1v) is 7.58. The number of rotatable bonds is 4. The topological polar surface area (TPSA) is 37.8 Å². The van der Waals surface area contributed by atoms with Gasteiger partial charge in [0.25, 0.3) is 0 Å².